The van der Waals surface area contributed by atoms with Crippen molar-refractivity contribution in [2.75, 3.05) is 13.1 Å². The topological polar surface area (TPSA) is 106 Å². The van der Waals surface area contributed by atoms with Crippen LogP contribution in [0.4, 0.5) is 13.2 Å². The Balaban J connectivity index is 1.54. The van der Waals surface area contributed by atoms with Gasteiger partial charge in [-0.15, -0.1) is 5.10 Å². The molecule has 9 nitrogen and oxygen atoms in total. The molecule has 1 aliphatic heterocycles. The van der Waals surface area contributed by atoms with Crippen molar-refractivity contribution < 1.29 is 17.9 Å². The first-order valence-electron chi connectivity index (χ1n) is 11.5. The second kappa shape index (κ2) is 9.23. The van der Waals surface area contributed by atoms with E-state index in [9.17, 15) is 18.4 Å². The maximum atomic E-state index is 13.2. The lowest BCUT2D eigenvalue weighted by molar-refractivity contribution is -0.137. The third-order valence-corrected chi connectivity index (χ3v) is 6.41. The summed E-state index contributed by atoms with van der Waals surface area (Å²) in [4.78, 5) is 3.73. The molecule has 0 saturated carbocycles. The molecule has 0 spiro atoms. The summed E-state index contributed by atoms with van der Waals surface area (Å²) in [6.07, 6.45) is 1.85. The van der Waals surface area contributed by atoms with Gasteiger partial charge in [0.2, 0.25) is 0 Å². The number of ether oxygens (including phenoxy) is 1. The fourth-order valence-corrected chi connectivity index (χ4v) is 4.48. The highest BCUT2D eigenvalue weighted by molar-refractivity contribution is 5.74. The van der Waals surface area contributed by atoms with Crippen LogP contribution in [0.1, 0.15) is 54.3 Å². The molecule has 1 N–H and O–H groups in total. The SMILES string of the molecule is Cc1c(-c2cc(O[C@H](C)c3cncc(C(F)(F)F)c3)c3c(C#N)cnn3c2)nnn1C1CCNCC1. The minimum Gasteiger partial charge on any atom is -0.484 e. The molecule has 1 atom stereocenters. The Labute approximate surface area is 204 Å². The lowest BCUT2D eigenvalue weighted by Crippen LogP contribution is -2.30. The molecule has 5 rings (SSSR count). The van der Waals surface area contributed by atoms with E-state index in [1.54, 1.807) is 19.2 Å². The van der Waals surface area contributed by atoms with Crippen LogP contribution in [0, 0.1) is 18.3 Å². The second-order valence-electron chi connectivity index (χ2n) is 8.77. The highest BCUT2D eigenvalue weighted by Crippen LogP contribution is 2.35. The zero-order valence-corrected chi connectivity index (χ0v) is 19.6. The second-order valence-corrected chi connectivity index (χ2v) is 8.77. The molecular weight excluding hydrogens is 473 g/mol. The van der Waals surface area contributed by atoms with E-state index in [0.717, 1.165) is 43.9 Å². The molecule has 4 aromatic heterocycles. The summed E-state index contributed by atoms with van der Waals surface area (Å²) in [6, 6.07) is 5.06. The lowest BCUT2D eigenvalue weighted by atomic mass is 10.1. The molecule has 1 aliphatic rings. The fraction of sp³-hybridized carbons (Fsp3) is 0.375. The quantitative estimate of drug-likeness (QED) is 0.440. The lowest BCUT2D eigenvalue weighted by Gasteiger charge is -2.23. The Morgan fingerprint density at radius 1 is 1.19 bits per heavy atom. The normalized spacial score (nSPS) is 15.7. The van der Waals surface area contributed by atoms with Crippen LogP contribution in [-0.2, 0) is 6.18 Å². The van der Waals surface area contributed by atoms with Crippen LogP contribution in [0.15, 0.2) is 36.9 Å². The zero-order chi connectivity index (χ0) is 25.4. The molecular formula is C24H23F3N8O. The third-order valence-electron chi connectivity index (χ3n) is 6.41. The number of fused-ring (bicyclic) bond motifs is 1. The fourth-order valence-electron chi connectivity index (χ4n) is 4.48. The number of hydrogen-bond donors (Lipinski definition) is 1. The van der Waals surface area contributed by atoms with Crippen LogP contribution < -0.4 is 10.1 Å². The number of nitriles is 1. The van der Waals surface area contributed by atoms with Gasteiger partial charge in [0, 0.05) is 29.7 Å². The van der Waals surface area contributed by atoms with E-state index in [1.165, 1.54) is 16.9 Å². The number of rotatable bonds is 5. The monoisotopic (exact) mass is 496 g/mol. The van der Waals surface area contributed by atoms with Gasteiger partial charge in [0.25, 0.3) is 0 Å². The largest absolute Gasteiger partial charge is 0.484 e. The molecule has 0 bridgehead atoms. The van der Waals surface area contributed by atoms with E-state index in [1.807, 2.05) is 11.6 Å². The van der Waals surface area contributed by atoms with Gasteiger partial charge in [0.05, 0.1) is 23.5 Å². The van der Waals surface area contributed by atoms with E-state index >= 15 is 0 Å². The van der Waals surface area contributed by atoms with Crippen LogP contribution >= 0.6 is 0 Å². The average Bonchev–Trinajstić information content (AvgIpc) is 3.47. The van der Waals surface area contributed by atoms with Crippen molar-refractivity contribution in [1.82, 2.24) is 34.9 Å². The Bertz CT molecular complexity index is 1450. The van der Waals surface area contributed by atoms with Gasteiger partial charge in [-0.3, -0.25) is 4.98 Å². The molecule has 12 heteroatoms. The van der Waals surface area contributed by atoms with Gasteiger partial charge in [-0.05, 0) is 51.9 Å². The number of alkyl halides is 3. The first-order valence-corrected chi connectivity index (χ1v) is 11.5. The summed E-state index contributed by atoms with van der Waals surface area (Å²) in [5.74, 6) is 0.294. The maximum Gasteiger partial charge on any atom is 0.417 e. The molecule has 0 aliphatic carbocycles. The summed E-state index contributed by atoms with van der Waals surface area (Å²) in [5.41, 5.74) is 2.27. The first-order chi connectivity index (χ1) is 17.3. The van der Waals surface area contributed by atoms with E-state index in [-0.39, 0.29) is 17.2 Å². The van der Waals surface area contributed by atoms with E-state index in [0.29, 0.717) is 22.5 Å². The number of piperidine rings is 1. The predicted molar refractivity (Wildman–Crippen MR) is 123 cm³/mol. The van der Waals surface area contributed by atoms with Gasteiger partial charge in [0.1, 0.15) is 34.7 Å². The standard InChI is InChI=1S/C24H23F3N8O/c1-14-22(32-33-35(14)20-3-5-29-6-4-20)17-8-21(23-18(9-28)11-31-34(23)13-17)36-15(2)16-7-19(12-30-10-16)24(25,26)27/h7-8,10-13,15,20,29H,3-6H2,1-2H3/t15-/m1/s1. The van der Waals surface area contributed by atoms with Gasteiger partial charge >= 0.3 is 6.18 Å². The number of nitrogens with zero attached hydrogens (tertiary/aromatic N) is 7. The minimum atomic E-state index is -4.52. The summed E-state index contributed by atoms with van der Waals surface area (Å²) in [6.45, 7) is 5.40. The number of aromatic nitrogens is 6. The molecule has 1 fully saturated rings. The van der Waals surface area contributed by atoms with Gasteiger partial charge in [-0.1, -0.05) is 5.21 Å². The third kappa shape index (κ3) is 4.37. The predicted octanol–water partition coefficient (Wildman–Crippen LogP) is 4.25. The van der Waals surface area contributed by atoms with Crippen molar-refractivity contribution in [1.29, 1.82) is 5.26 Å². The highest BCUT2D eigenvalue weighted by atomic mass is 19.4. The number of hydrogen-bond acceptors (Lipinski definition) is 7. The number of halogens is 3. The molecule has 5 heterocycles. The molecule has 186 valence electrons. The van der Waals surface area contributed by atoms with Gasteiger partial charge < -0.3 is 10.1 Å². The summed E-state index contributed by atoms with van der Waals surface area (Å²) < 4.78 is 49.1. The summed E-state index contributed by atoms with van der Waals surface area (Å²) in [7, 11) is 0. The van der Waals surface area contributed by atoms with E-state index in [2.05, 4.69) is 31.8 Å². The van der Waals surface area contributed by atoms with E-state index < -0.39 is 17.8 Å². The minimum absolute atomic E-state index is 0.246. The molecule has 4 aromatic rings. The Kier molecular flexibility index (Phi) is 6.09. The van der Waals surface area contributed by atoms with Gasteiger partial charge in [-0.25, -0.2) is 9.20 Å². The van der Waals surface area contributed by atoms with Crippen molar-refractivity contribution >= 4 is 5.52 Å². The molecule has 0 unspecified atom stereocenters. The molecule has 1 saturated heterocycles. The van der Waals surface area contributed by atoms with Crippen LogP contribution in [0.3, 0.4) is 0 Å². The number of pyridine rings is 2. The maximum absolute atomic E-state index is 13.2. The van der Waals surface area contributed by atoms with Crippen molar-refractivity contribution in [3.8, 4) is 23.1 Å². The van der Waals surface area contributed by atoms with Crippen molar-refractivity contribution in [3.63, 3.8) is 0 Å². The zero-order valence-electron chi connectivity index (χ0n) is 19.6. The highest BCUT2D eigenvalue weighted by Gasteiger charge is 2.31. The van der Waals surface area contributed by atoms with Crippen molar-refractivity contribution in [2.24, 2.45) is 0 Å². The van der Waals surface area contributed by atoms with E-state index in [4.69, 9.17) is 4.74 Å². The van der Waals surface area contributed by atoms with Crippen LogP contribution in [0.5, 0.6) is 5.75 Å². The van der Waals surface area contributed by atoms with Crippen LogP contribution in [0.25, 0.3) is 16.8 Å². The number of nitrogens with one attached hydrogen (secondary N) is 1. The van der Waals surface area contributed by atoms with Crippen molar-refractivity contribution in [3.05, 3.63) is 59.3 Å². The van der Waals surface area contributed by atoms with Crippen molar-refractivity contribution in [2.45, 2.75) is 45.0 Å². The van der Waals surface area contributed by atoms with Gasteiger partial charge in [0.15, 0.2) is 0 Å². The first kappa shape index (κ1) is 23.7. The summed E-state index contributed by atoms with van der Waals surface area (Å²) in [5, 5.41) is 26.0. The average molecular weight is 496 g/mol. The van der Waals surface area contributed by atoms with Crippen LogP contribution in [0.2, 0.25) is 0 Å². The van der Waals surface area contributed by atoms with Gasteiger partial charge in [-0.2, -0.15) is 23.5 Å². The molecule has 0 radical (unpaired) electrons. The molecule has 0 aromatic carbocycles. The van der Waals surface area contributed by atoms with Crippen LogP contribution in [-0.4, -0.2) is 42.7 Å². The summed E-state index contributed by atoms with van der Waals surface area (Å²) >= 11 is 0. The Morgan fingerprint density at radius 3 is 2.69 bits per heavy atom. The smallest absolute Gasteiger partial charge is 0.417 e. The molecule has 0 amide bonds. The molecule has 36 heavy (non-hydrogen) atoms. The Hall–Kier alpha value is -3.98. The Morgan fingerprint density at radius 2 is 1.97 bits per heavy atom.